The fraction of sp³-hybridized carbons (Fsp3) is 0.407. The van der Waals surface area contributed by atoms with Crippen LogP contribution in [0.2, 0.25) is 0 Å². The number of carbonyl (C=O) groups is 1. The molecule has 5 rings (SSSR count). The summed E-state index contributed by atoms with van der Waals surface area (Å²) in [7, 11) is 0. The minimum atomic E-state index is -0.447. The zero-order valence-electron chi connectivity index (χ0n) is 19.5. The summed E-state index contributed by atoms with van der Waals surface area (Å²) in [5.41, 5.74) is 2.45. The van der Waals surface area contributed by atoms with Gasteiger partial charge in [-0.25, -0.2) is 9.07 Å². The third-order valence-electron chi connectivity index (χ3n) is 6.43. The first-order valence-electron chi connectivity index (χ1n) is 12.1. The Hall–Kier alpha value is -3.19. The van der Waals surface area contributed by atoms with Crippen LogP contribution in [-0.4, -0.2) is 39.8 Å². The molecule has 1 amide bonds. The van der Waals surface area contributed by atoms with Gasteiger partial charge in [0.2, 0.25) is 11.8 Å². The molecule has 34 heavy (non-hydrogen) atoms. The van der Waals surface area contributed by atoms with E-state index in [4.69, 9.17) is 14.6 Å². The van der Waals surface area contributed by atoms with Crippen LogP contribution >= 0.6 is 0 Å². The molecule has 178 valence electrons. The molecule has 1 aromatic heterocycles. The van der Waals surface area contributed by atoms with Gasteiger partial charge < -0.3 is 14.4 Å². The first-order chi connectivity index (χ1) is 16.6. The van der Waals surface area contributed by atoms with E-state index in [0.717, 1.165) is 49.2 Å². The van der Waals surface area contributed by atoms with E-state index in [2.05, 4.69) is 0 Å². The fourth-order valence-electron chi connectivity index (χ4n) is 4.45. The molecule has 0 unspecified atom stereocenters. The van der Waals surface area contributed by atoms with E-state index in [1.165, 1.54) is 6.07 Å². The van der Waals surface area contributed by atoms with Gasteiger partial charge in [-0.05, 0) is 56.4 Å². The van der Waals surface area contributed by atoms with Crippen molar-refractivity contribution in [2.24, 2.45) is 5.92 Å². The predicted octanol–water partition coefficient (Wildman–Crippen LogP) is 5.28. The molecular formula is C27H30FN3O3. The van der Waals surface area contributed by atoms with Gasteiger partial charge >= 0.3 is 0 Å². The lowest BCUT2D eigenvalue weighted by Crippen LogP contribution is -2.38. The van der Waals surface area contributed by atoms with Crippen molar-refractivity contribution in [1.29, 1.82) is 0 Å². The summed E-state index contributed by atoms with van der Waals surface area (Å²) in [6.45, 7) is 3.67. The SMILES string of the molecule is CCc1nn(-c2ccccc2)c(Oc2ccccc2F)c1CN(C[C@@H]1CCCO1)C(=O)C1CC1. The summed E-state index contributed by atoms with van der Waals surface area (Å²) in [5.74, 6) is 0.364. The second-order valence-corrected chi connectivity index (χ2v) is 8.99. The zero-order valence-corrected chi connectivity index (χ0v) is 19.5. The number of halogens is 1. The second kappa shape index (κ2) is 9.97. The Kier molecular flexibility index (Phi) is 6.63. The first kappa shape index (κ1) is 22.6. The molecule has 2 fully saturated rings. The van der Waals surface area contributed by atoms with Crippen LogP contribution < -0.4 is 4.74 Å². The first-order valence-corrected chi connectivity index (χ1v) is 12.1. The van der Waals surface area contributed by atoms with Crippen molar-refractivity contribution >= 4 is 5.91 Å². The van der Waals surface area contributed by atoms with Crippen LogP contribution in [0.1, 0.15) is 43.9 Å². The summed E-state index contributed by atoms with van der Waals surface area (Å²) >= 11 is 0. The second-order valence-electron chi connectivity index (χ2n) is 8.99. The van der Waals surface area contributed by atoms with Crippen molar-refractivity contribution < 1.29 is 18.7 Å². The minimum absolute atomic E-state index is 0.0490. The maximum Gasteiger partial charge on any atom is 0.228 e. The molecule has 1 aliphatic carbocycles. The van der Waals surface area contributed by atoms with Gasteiger partial charge in [-0.3, -0.25) is 4.79 Å². The normalized spacial score (nSPS) is 17.6. The average molecular weight is 464 g/mol. The molecular weight excluding hydrogens is 433 g/mol. The van der Waals surface area contributed by atoms with E-state index in [1.54, 1.807) is 22.9 Å². The molecule has 1 aliphatic heterocycles. The van der Waals surface area contributed by atoms with Gasteiger partial charge in [0.15, 0.2) is 11.6 Å². The molecule has 3 aromatic rings. The number of ether oxygens (including phenoxy) is 2. The summed E-state index contributed by atoms with van der Waals surface area (Å²) in [6, 6.07) is 16.0. The molecule has 0 bridgehead atoms. The van der Waals surface area contributed by atoms with Crippen LogP contribution in [-0.2, 0) is 22.5 Å². The zero-order chi connectivity index (χ0) is 23.5. The maximum absolute atomic E-state index is 14.6. The standard InChI is InChI=1S/C27H30FN3O3/c1-2-24-22(18-30(26(32)19-14-15-19)17-21-11-8-16-33-21)27(34-25-13-7-6-12-23(25)28)31(29-24)20-9-4-3-5-10-20/h3-7,9-10,12-13,19,21H,2,8,11,14-18H2,1H3/t21-/m0/s1. The Morgan fingerprint density at radius 3 is 2.59 bits per heavy atom. The van der Waals surface area contributed by atoms with E-state index in [9.17, 15) is 9.18 Å². The van der Waals surface area contributed by atoms with Crippen molar-refractivity contribution in [1.82, 2.24) is 14.7 Å². The number of nitrogens with zero attached hydrogens (tertiary/aromatic N) is 3. The minimum Gasteiger partial charge on any atom is -0.435 e. The number of amides is 1. The lowest BCUT2D eigenvalue weighted by Gasteiger charge is -2.26. The van der Waals surface area contributed by atoms with E-state index >= 15 is 0 Å². The molecule has 0 N–H and O–H groups in total. The summed E-state index contributed by atoms with van der Waals surface area (Å²) in [4.78, 5) is 15.1. The molecule has 0 radical (unpaired) electrons. The smallest absolute Gasteiger partial charge is 0.228 e. The van der Waals surface area contributed by atoms with Crippen molar-refractivity contribution in [2.45, 2.75) is 51.7 Å². The van der Waals surface area contributed by atoms with Gasteiger partial charge in [-0.15, -0.1) is 0 Å². The van der Waals surface area contributed by atoms with Gasteiger partial charge in [0.05, 0.1) is 29.6 Å². The predicted molar refractivity (Wildman–Crippen MR) is 127 cm³/mol. The molecule has 6 nitrogen and oxygen atoms in total. The van der Waals surface area contributed by atoms with Crippen molar-refractivity contribution in [3.05, 3.63) is 71.7 Å². The monoisotopic (exact) mass is 463 g/mol. The van der Waals surface area contributed by atoms with Crippen LogP contribution in [0.3, 0.4) is 0 Å². The highest BCUT2D eigenvalue weighted by Gasteiger charge is 2.36. The molecule has 0 spiro atoms. The van der Waals surface area contributed by atoms with Gasteiger partial charge in [0.25, 0.3) is 0 Å². The third-order valence-corrected chi connectivity index (χ3v) is 6.43. The number of aromatic nitrogens is 2. The van der Waals surface area contributed by atoms with Crippen molar-refractivity contribution in [3.8, 4) is 17.3 Å². The van der Waals surface area contributed by atoms with Crippen LogP contribution in [0, 0.1) is 11.7 Å². The molecule has 1 saturated heterocycles. The van der Waals surface area contributed by atoms with Crippen molar-refractivity contribution in [3.63, 3.8) is 0 Å². The molecule has 2 heterocycles. The van der Waals surface area contributed by atoms with Crippen LogP contribution in [0.15, 0.2) is 54.6 Å². The van der Waals surface area contributed by atoms with Crippen LogP contribution in [0.4, 0.5) is 4.39 Å². The quantitative estimate of drug-likeness (QED) is 0.433. The molecule has 2 aliphatic rings. The van der Waals surface area contributed by atoms with Gasteiger partial charge in [0.1, 0.15) is 0 Å². The van der Waals surface area contributed by atoms with E-state index in [0.29, 0.717) is 25.4 Å². The largest absolute Gasteiger partial charge is 0.435 e. The van der Waals surface area contributed by atoms with Gasteiger partial charge in [0, 0.05) is 19.1 Å². The third kappa shape index (κ3) is 4.85. The lowest BCUT2D eigenvalue weighted by molar-refractivity contribution is -0.134. The van der Waals surface area contributed by atoms with Crippen LogP contribution in [0.5, 0.6) is 11.6 Å². The van der Waals surface area contributed by atoms with E-state index < -0.39 is 5.82 Å². The number of benzene rings is 2. The summed E-state index contributed by atoms with van der Waals surface area (Å²) in [5, 5.41) is 4.83. The molecule has 1 saturated carbocycles. The van der Waals surface area contributed by atoms with E-state index in [-0.39, 0.29) is 23.7 Å². The Bertz CT molecular complexity index is 1140. The number of hydrogen-bond acceptors (Lipinski definition) is 4. The summed E-state index contributed by atoms with van der Waals surface area (Å²) < 4.78 is 28.3. The number of rotatable bonds is 9. The average Bonchev–Trinajstić information content (AvgIpc) is 3.48. The topological polar surface area (TPSA) is 56.6 Å². The number of para-hydroxylation sites is 2. The highest BCUT2D eigenvalue weighted by atomic mass is 19.1. The number of aryl methyl sites for hydroxylation is 1. The lowest BCUT2D eigenvalue weighted by atomic mass is 10.1. The van der Waals surface area contributed by atoms with Crippen molar-refractivity contribution in [2.75, 3.05) is 13.2 Å². The molecule has 2 aromatic carbocycles. The van der Waals surface area contributed by atoms with Gasteiger partial charge in [-0.2, -0.15) is 5.10 Å². The Balaban J connectivity index is 1.55. The Morgan fingerprint density at radius 1 is 1.15 bits per heavy atom. The molecule has 7 heteroatoms. The fourth-order valence-corrected chi connectivity index (χ4v) is 4.45. The summed E-state index contributed by atoms with van der Waals surface area (Å²) in [6.07, 6.45) is 4.55. The van der Waals surface area contributed by atoms with Gasteiger partial charge in [-0.1, -0.05) is 37.3 Å². The Morgan fingerprint density at radius 2 is 1.91 bits per heavy atom. The highest BCUT2D eigenvalue weighted by Crippen LogP contribution is 2.36. The molecule has 1 atom stereocenters. The van der Waals surface area contributed by atoms with Crippen LogP contribution in [0.25, 0.3) is 5.69 Å². The maximum atomic E-state index is 14.6. The number of carbonyl (C=O) groups excluding carboxylic acids is 1. The number of hydrogen-bond donors (Lipinski definition) is 0. The Labute approximate surface area is 199 Å². The highest BCUT2D eigenvalue weighted by molar-refractivity contribution is 5.81. The van der Waals surface area contributed by atoms with E-state index in [1.807, 2.05) is 42.2 Å².